The maximum absolute atomic E-state index is 13.1. The Morgan fingerprint density at radius 2 is 1.96 bits per heavy atom. The van der Waals surface area contributed by atoms with Gasteiger partial charge in [0.15, 0.2) is 0 Å². The van der Waals surface area contributed by atoms with Gasteiger partial charge in [0.05, 0.1) is 5.92 Å². The Labute approximate surface area is 162 Å². The summed E-state index contributed by atoms with van der Waals surface area (Å²) in [5.74, 6) is -0.823. The number of hydrogen-bond donors (Lipinski definition) is 3. The molecule has 2 aromatic rings. The maximum atomic E-state index is 13.1. The number of carbonyl (C=O) groups is 3. The normalized spacial score (nSPS) is 21.4. The van der Waals surface area contributed by atoms with Crippen LogP contribution in [0.5, 0.6) is 0 Å². The van der Waals surface area contributed by atoms with Crippen molar-refractivity contribution in [2.45, 2.75) is 31.2 Å². The summed E-state index contributed by atoms with van der Waals surface area (Å²) in [5, 5.41) is 13.0. The van der Waals surface area contributed by atoms with Crippen LogP contribution in [0.3, 0.4) is 0 Å². The Morgan fingerprint density at radius 3 is 2.57 bits per heavy atom. The van der Waals surface area contributed by atoms with Gasteiger partial charge in [-0.1, -0.05) is 12.1 Å². The number of aromatic nitrogens is 2. The van der Waals surface area contributed by atoms with Crippen LogP contribution >= 0.6 is 0 Å². The number of benzene rings is 1. The lowest BCUT2D eigenvalue weighted by atomic mass is 9.87. The highest BCUT2D eigenvalue weighted by molar-refractivity contribution is 6.03. The Kier molecular flexibility index (Phi) is 4.95. The molecule has 0 spiro atoms. The maximum Gasteiger partial charge on any atom is 0.252 e. The number of rotatable bonds is 5. The minimum absolute atomic E-state index is 0.0776. The molecule has 28 heavy (non-hydrogen) atoms. The van der Waals surface area contributed by atoms with E-state index in [4.69, 9.17) is 0 Å². The molecule has 0 radical (unpaired) electrons. The van der Waals surface area contributed by atoms with Crippen molar-refractivity contribution in [2.24, 2.45) is 5.92 Å². The third-order valence-corrected chi connectivity index (χ3v) is 5.56. The van der Waals surface area contributed by atoms with Crippen molar-refractivity contribution in [3.05, 3.63) is 48.3 Å². The summed E-state index contributed by atoms with van der Waals surface area (Å²) in [6.45, 7) is 1.52. The molecule has 2 fully saturated rings. The molecule has 0 aliphatic carbocycles. The molecule has 3 amide bonds. The molecule has 2 saturated heterocycles. The van der Waals surface area contributed by atoms with Crippen molar-refractivity contribution < 1.29 is 14.4 Å². The molecule has 3 heterocycles. The molecule has 2 aliphatic rings. The third kappa shape index (κ3) is 3.55. The molecule has 0 bridgehead atoms. The average molecular weight is 381 g/mol. The highest BCUT2D eigenvalue weighted by Crippen LogP contribution is 2.29. The summed E-state index contributed by atoms with van der Waals surface area (Å²) in [4.78, 5) is 36.2. The van der Waals surface area contributed by atoms with E-state index in [-0.39, 0.29) is 30.1 Å². The SMILES string of the molecule is O=C1CC(Cc2ccc(NC(=O)C3(n4cccn4)CCNCC3)cc2)C(=O)N1. The first kappa shape index (κ1) is 18.4. The zero-order valence-corrected chi connectivity index (χ0v) is 15.5. The fourth-order valence-electron chi connectivity index (χ4n) is 3.95. The van der Waals surface area contributed by atoms with Crippen LogP contribution < -0.4 is 16.0 Å². The molecular formula is C20H23N5O3. The van der Waals surface area contributed by atoms with E-state index in [0.29, 0.717) is 24.9 Å². The van der Waals surface area contributed by atoms with E-state index >= 15 is 0 Å². The monoisotopic (exact) mass is 381 g/mol. The first-order valence-electron chi connectivity index (χ1n) is 9.52. The van der Waals surface area contributed by atoms with E-state index in [2.05, 4.69) is 21.0 Å². The highest BCUT2D eigenvalue weighted by atomic mass is 16.2. The summed E-state index contributed by atoms with van der Waals surface area (Å²) in [7, 11) is 0. The average Bonchev–Trinajstić information content (AvgIpc) is 3.34. The molecule has 1 unspecified atom stereocenters. The van der Waals surface area contributed by atoms with Crippen LogP contribution in [-0.4, -0.2) is 40.6 Å². The molecule has 0 saturated carbocycles. The van der Waals surface area contributed by atoms with Gasteiger partial charge in [-0.3, -0.25) is 24.4 Å². The lowest BCUT2D eigenvalue weighted by molar-refractivity contribution is -0.127. The zero-order chi connectivity index (χ0) is 19.6. The molecule has 2 aliphatic heterocycles. The topological polar surface area (TPSA) is 105 Å². The van der Waals surface area contributed by atoms with E-state index in [1.807, 2.05) is 36.5 Å². The highest BCUT2D eigenvalue weighted by Gasteiger charge is 2.42. The molecule has 1 aromatic carbocycles. The van der Waals surface area contributed by atoms with Crippen molar-refractivity contribution >= 4 is 23.4 Å². The Morgan fingerprint density at radius 1 is 1.21 bits per heavy atom. The predicted octanol–water partition coefficient (Wildman–Crippen LogP) is 0.806. The lowest BCUT2D eigenvalue weighted by Crippen LogP contribution is -2.52. The molecule has 1 atom stereocenters. The second-order valence-electron chi connectivity index (χ2n) is 7.40. The number of hydrogen-bond acceptors (Lipinski definition) is 5. The first-order chi connectivity index (χ1) is 13.6. The minimum atomic E-state index is -0.699. The molecular weight excluding hydrogens is 358 g/mol. The van der Waals surface area contributed by atoms with Gasteiger partial charge in [-0.25, -0.2) is 0 Å². The van der Waals surface area contributed by atoms with E-state index in [9.17, 15) is 14.4 Å². The van der Waals surface area contributed by atoms with Gasteiger partial charge in [-0.2, -0.15) is 5.10 Å². The van der Waals surface area contributed by atoms with Crippen LogP contribution in [0.1, 0.15) is 24.8 Å². The third-order valence-electron chi connectivity index (χ3n) is 5.56. The van der Waals surface area contributed by atoms with Gasteiger partial charge in [-0.15, -0.1) is 0 Å². The number of imide groups is 1. The van der Waals surface area contributed by atoms with Crippen LogP contribution in [0, 0.1) is 5.92 Å². The largest absolute Gasteiger partial charge is 0.324 e. The Hall–Kier alpha value is -3.00. The second-order valence-corrected chi connectivity index (χ2v) is 7.40. The lowest BCUT2D eigenvalue weighted by Gasteiger charge is -2.36. The number of nitrogens with one attached hydrogen (secondary N) is 3. The van der Waals surface area contributed by atoms with Crippen molar-refractivity contribution in [1.29, 1.82) is 0 Å². The Bertz CT molecular complexity index is 870. The molecule has 8 nitrogen and oxygen atoms in total. The van der Waals surface area contributed by atoms with Crippen LogP contribution in [0.4, 0.5) is 5.69 Å². The summed E-state index contributed by atoms with van der Waals surface area (Å²) in [6.07, 6.45) is 5.61. The van der Waals surface area contributed by atoms with Gasteiger partial charge >= 0.3 is 0 Å². The summed E-state index contributed by atoms with van der Waals surface area (Å²) >= 11 is 0. The van der Waals surface area contributed by atoms with Crippen LogP contribution in [0.25, 0.3) is 0 Å². The first-order valence-corrected chi connectivity index (χ1v) is 9.52. The molecule has 146 valence electrons. The molecule has 3 N–H and O–H groups in total. The second kappa shape index (κ2) is 7.55. The van der Waals surface area contributed by atoms with Gasteiger partial charge in [0.1, 0.15) is 5.54 Å². The number of anilines is 1. The number of nitrogens with zero attached hydrogens (tertiary/aromatic N) is 2. The van der Waals surface area contributed by atoms with E-state index in [1.165, 1.54) is 0 Å². The smallest absolute Gasteiger partial charge is 0.252 e. The van der Waals surface area contributed by atoms with Crippen molar-refractivity contribution in [1.82, 2.24) is 20.4 Å². The molecule has 1 aromatic heterocycles. The zero-order valence-electron chi connectivity index (χ0n) is 15.5. The predicted molar refractivity (Wildman–Crippen MR) is 102 cm³/mol. The number of carbonyl (C=O) groups excluding carboxylic acids is 3. The van der Waals surface area contributed by atoms with Crippen LogP contribution in [0.15, 0.2) is 42.7 Å². The molecule has 4 rings (SSSR count). The number of amides is 3. The van der Waals surface area contributed by atoms with Gasteiger partial charge in [0, 0.05) is 24.5 Å². The van der Waals surface area contributed by atoms with E-state index in [0.717, 1.165) is 18.7 Å². The van der Waals surface area contributed by atoms with Gasteiger partial charge < -0.3 is 10.6 Å². The standard InChI is InChI=1S/C20H23N5O3/c26-17-13-15(18(27)24-17)12-14-2-4-16(5-3-14)23-19(28)20(6-9-21-10-7-20)25-11-1-8-22-25/h1-5,8,11,15,21H,6-7,9-10,12-13H2,(H,23,28)(H,24,26,27). The fraction of sp³-hybridized carbons (Fsp3) is 0.400. The quantitative estimate of drug-likeness (QED) is 0.665. The minimum Gasteiger partial charge on any atom is -0.324 e. The molecule has 8 heteroatoms. The summed E-state index contributed by atoms with van der Waals surface area (Å²) in [6, 6.07) is 9.26. The van der Waals surface area contributed by atoms with Gasteiger partial charge in [0.2, 0.25) is 11.8 Å². The summed E-state index contributed by atoms with van der Waals surface area (Å²) < 4.78 is 1.76. The van der Waals surface area contributed by atoms with Crippen molar-refractivity contribution in [3.8, 4) is 0 Å². The van der Waals surface area contributed by atoms with E-state index < -0.39 is 5.54 Å². The van der Waals surface area contributed by atoms with Crippen LogP contribution in [-0.2, 0) is 26.3 Å². The Balaban J connectivity index is 1.45. The van der Waals surface area contributed by atoms with Crippen LogP contribution in [0.2, 0.25) is 0 Å². The summed E-state index contributed by atoms with van der Waals surface area (Å²) in [5.41, 5.74) is 0.956. The van der Waals surface area contributed by atoms with Crippen molar-refractivity contribution in [2.75, 3.05) is 18.4 Å². The van der Waals surface area contributed by atoms with E-state index in [1.54, 1.807) is 10.9 Å². The van der Waals surface area contributed by atoms with Gasteiger partial charge in [-0.05, 0) is 56.1 Å². The van der Waals surface area contributed by atoms with Crippen molar-refractivity contribution in [3.63, 3.8) is 0 Å². The fourth-order valence-corrected chi connectivity index (χ4v) is 3.95. The number of piperidine rings is 1. The van der Waals surface area contributed by atoms with Gasteiger partial charge in [0.25, 0.3) is 5.91 Å².